The Hall–Kier alpha value is -2.81. The van der Waals surface area contributed by atoms with E-state index in [1.807, 2.05) is 0 Å². The number of benzene rings is 4. The number of unbranched alkanes of at least 4 members (excludes halogenated alkanes) is 48. The Morgan fingerprint density at radius 2 is 0.398 bits per heavy atom. The molecule has 0 saturated carbocycles. The summed E-state index contributed by atoms with van der Waals surface area (Å²) in [5.41, 5.74) is 2.76. The van der Waals surface area contributed by atoms with Crippen LogP contribution in [0.15, 0.2) is 121 Å². The molecule has 93 heavy (non-hydrogen) atoms. The summed E-state index contributed by atoms with van der Waals surface area (Å²) in [4.78, 5) is 0. The molecule has 2 bridgehead atoms. The summed E-state index contributed by atoms with van der Waals surface area (Å²) < 4.78 is 26.2. The van der Waals surface area contributed by atoms with Gasteiger partial charge in [0.1, 0.15) is 0 Å². The summed E-state index contributed by atoms with van der Waals surface area (Å²) in [6.07, 6.45) is 74.8. The summed E-state index contributed by atoms with van der Waals surface area (Å²) >= 11 is 0. The molecule has 3 aliphatic rings. The fourth-order valence-electron chi connectivity index (χ4n) is 18.8. The van der Waals surface area contributed by atoms with Crippen molar-refractivity contribution in [2.24, 2.45) is 5.41 Å². The van der Waals surface area contributed by atoms with Crippen LogP contribution in [0.25, 0.3) is 0 Å². The van der Waals surface area contributed by atoms with Crippen molar-refractivity contribution in [2.45, 2.75) is 409 Å². The summed E-state index contributed by atoms with van der Waals surface area (Å²) in [6, 6.07) is 47.6. The number of rotatable bonds is 60. The molecule has 0 aliphatic carbocycles. The summed E-state index contributed by atoms with van der Waals surface area (Å²) in [5, 5.41) is -0.672. The van der Waals surface area contributed by atoms with E-state index in [2.05, 4.69) is 149 Å². The third-order valence-electron chi connectivity index (χ3n) is 23.4. The molecule has 4 heteroatoms. The van der Waals surface area contributed by atoms with Gasteiger partial charge in [0.2, 0.25) is 0 Å². The molecule has 3 nitrogen and oxygen atoms in total. The van der Waals surface area contributed by atoms with E-state index in [4.69, 9.17) is 13.6 Å². The molecule has 0 radical (unpaired) electrons. The second-order valence-corrected chi connectivity index (χ2v) is 32.9. The van der Waals surface area contributed by atoms with Gasteiger partial charge in [0, 0.05) is 0 Å². The van der Waals surface area contributed by atoms with Crippen LogP contribution < -0.4 is 0 Å². The van der Waals surface area contributed by atoms with E-state index in [0.29, 0.717) is 0 Å². The quantitative estimate of drug-likeness (QED) is 0.0326. The Balaban J connectivity index is 1.29. The fourth-order valence-corrected chi connectivity index (χ4v) is 24.0. The standard InChI is InChI=1S/C89H145O3P/c1-5-9-13-17-21-25-29-33-37-41-45-49-65-77-85(78-66-50-46-42-38-34-30-26-22-18-14-10-6-2)89-86(79-67-51-47-43-39-35-31-27-23-19-15-11-7-3,80-68-52-48-44-40-36-32-28-24-20-16-12-8-4)91-93(90-85,88(89,83-73-61-55-62-74-83)84-75-63-56-64-76-84)92-87(89,81-69-57-53-58-70-81)82-71-59-54-60-72-82/h53-64,69-76,93H,5-52,65-68,77-80H2,1-4H3. The van der Waals surface area contributed by atoms with Crippen molar-refractivity contribution in [2.75, 3.05) is 0 Å². The van der Waals surface area contributed by atoms with Crippen molar-refractivity contribution in [1.82, 2.24) is 0 Å². The maximum atomic E-state index is 8.75. The van der Waals surface area contributed by atoms with Crippen LogP contribution in [0.1, 0.15) is 410 Å². The van der Waals surface area contributed by atoms with Crippen LogP contribution in [0.3, 0.4) is 0 Å². The van der Waals surface area contributed by atoms with Gasteiger partial charge >= 0.3 is 449 Å². The molecule has 0 atom stereocenters. The monoisotopic (exact) mass is 1290 g/mol. The van der Waals surface area contributed by atoms with E-state index in [9.17, 15) is 0 Å². The first-order valence-electron chi connectivity index (χ1n) is 41.4. The SMILES string of the molecule is CCCCCCCCCCCCCCCC1(CCCCCCCCCCCCCCC)O[PH]23OC(CCCCCCCCCCCCCCC)(CCCCCCCCCCCCCCC)C1(C(c1ccccc1)(c1ccccc1)O2)C3(c1ccccc1)c1ccccc1. The van der Waals surface area contributed by atoms with E-state index in [1.165, 1.54) is 356 Å². The summed E-state index contributed by atoms with van der Waals surface area (Å²) in [6.45, 7) is 9.34. The van der Waals surface area contributed by atoms with Crippen molar-refractivity contribution in [1.29, 1.82) is 0 Å². The summed E-state index contributed by atoms with van der Waals surface area (Å²) in [5.74, 6) is 0. The molecule has 0 amide bonds. The summed E-state index contributed by atoms with van der Waals surface area (Å²) in [7, 11) is -3.89. The van der Waals surface area contributed by atoms with E-state index >= 15 is 0 Å². The van der Waals surface area contributed by atoms with Crippen molar-refractivity contribution >= 4 is 7.94 Å². The first-order valence-corrected chi connectivity index (χ1v) is 43.1. The van der Waals surface area contributed by atoms with Gasteiger partial charge in [-0.2, -0.15) is 0 Å². The Morgan fingerprint density at radius 1 is 0.215 bits per heavy atom. The predicted molar refractivity (Wildman–Crippen MR) is 408 cm³/mol. The van der Waals surface area contributed by atoms with E-state index in [-0.39, 0.29) is 0 Å². The molecule has 0 spiro atoms. The van der Waals surface area contributed by atoms with E-state index < -0.39 is 35.3 Å². The van der Waals surface area contributed by atoms with Crippen LogP contribution in [0.4, 0.5) is 0 Å². The Kier molecular flexibility index (Phi) is 37.5. The van der Waals surface area contributed by atoms with Gasteiger partial charge in [-0.05, 0) is 0 Å². The second-order valence-electron chi connectivity index (χ2n) is 30.5. The minimum atomic E-state index is -3.89. The third-order valence-corrected chi connectivity index (χ3v) is 27.1. The number of hydrogen-bond donors (Lipinski definition) is 0. The van der Waals surface area contributed by atoms with Crippen LogP contribution in [0.2, 0.25) is 0 Å². The normalized spacial score (nSPS) is 18.2. The molecule has 3 heterocycles. The fraction of sp³-hybridized carbons (Fsp3) is 0.730. The first-order chi connectivity index (χ1) is 46.0. The topological polar surface area (TPSA) is 27.7 Å². The average Bonchev–Trinajstić information content (AvgIpc) is 1.41. The van der Waals surface area contributed by atoms with Gasteiger partial charge in [-0.3, -0.25) is 0 Å². The van der Waals surface area contributed by atoms with E-state index in [1.54, 1.807) is 0 Å². The van der Waals surface area contributed by atoms with Gasteiger partial charge in [0.05, 0.1) is 0 Å². The maximum absolute atomic E-state index is 8.75. The van der Waals surface area contributed by atoms with Crippen molar-refractivity contribution in [3.05, 3.63) is 144 Å². The molecule has 0 aromatic heterocycles. The van der Waals surface area contributed by atoms with Crippen molar-refractivity contribution in [3.8, 4) is 0 Å². The molecule has 3 saturated heterocycles. The Labute approximate surface area is 576 Å². The first kappa shape index (κ1) is 77.5. The molecule has 4 aromatic rings. The molecular formula is C89H145O3P. The molecule has 7 rings (SSSR count). The van der Waals surface area contributed by atoms with Gasteiger partial charge in [0.25, 0.3) is 0 Å². The Morgan fingerprint density at radius 3 is 0.602 bits per heavy atom. The molecular weight excluding hydrogens is 1150 g/mol. The van der Waals surface area contributed by atoms with Gasteiger partial charge in [-0.1, -0.05) is 130 Å². The van der Waals surface area contributed by atoms with Crippen molar-refractivity contribution in [3.63, 3.8) is 0 Å². The third kappa shape index (κ3) is 20.9. The van der Waals surface area contributed by atoms with Gasteiger partial charge in [0.15, 0.2) is 0 Å². The zero-order valence-corrected chi connectivity index (χ0v) is 62.4. The van der Waals surface area contributed by atoms with E-state index in [0.717, 1.165) is 25.7 Å². The molecule has 4 aromatic carbocycles. The molecule has 0 N–H and O–H groups in total. The van der Waals surface area contributed by atoms with Crippen molar-refractivity contribution < 1.29 is 13.6 Å². The van der Waals surface area contributed by atoms with Gasteiger partial charge < -0.3 is 0 Å². The molecule has 3 fully saturated rings. The average molecular weight is 1290 g/mol. The molecule has 0 unspecified atom stereocenters. The molecule has 3 aliphatic heterocycles. The minimum absolute atomic E-state index is 0.518. The van der Waals surface area contributed by atoms with Gasteiger partial charge in [-0.25, -0.2) is 0 Å². The van der Waals surface area contributed by atoms with Crippen LogP contribution in [0, 0.1) is 5.41 Å². The zero-order valence-electron chi connectivity index (χ0n) is 61.4. The molecule has 524 valence electrons. The van der Waals surface area contributed by atoms with Crippen LogP contribution >= 0.6 is 7.94 Å². The second kappa shape index (κ2) is 45.0. The number of hydrogen-bond acceptors (Lipinski definition) is 3. The predicted octanol–water partition coefficient (Wildman–Crippen LogP) is 29.8. The van der Waals surface area contributed by atoms with Crippen LogP contribution in [-0.2, 0) is 24.3 Å². The van der Waals surface area contributed by atoms with Crippen LogP contribution in [-0.4, -0.2) is 11.2 Å². The van der Waals surface area contributed by atoms with Crippen LogP contribution in [0.5, 0.6) is 0 Å². The Bertz CT molecular complexity index is 2210. The van der Waals surface area contributed by atoms with Gasteiger partial charge in [-0.15, -0.1) is 0 Å². The zero-order chi connectivity index (χ0) is 65.2.